The van der Waals surface area contributed by atoms with E-state index in [1.807, 2.05) is 26.2 Å². The fourth-order valence-electron chi connectivity index (χ4n) is 1.48. The zero-order valence-electron chi connectivity index (χ0n) is 10.9. The van der Waals surface area contributed by atoms with Crippen molar-refractivity contribution in [3.63, 3.8) is 0 Å². The number of hydrogen-bond acceptors (Lipinski definition) is 3. The molecule has 1 rings (SSSR count). The van der Waals surface area contributed by atoms with Crippen LogP contribution in [0.1, 0.15) is 6.42 Å². The number of nitrogens with zero attached hydrogens (tertiary/aromatic N) is 1. The monoisotopic (exact) mass is 269 g/mol. The van der Waals surface area contributed by atoms with Crippen LogP contribution < -0.4 is 10.6 Å². The van der Waals surface area contributed by atoms with Crippen LogP contribution in [-0.2, 0) is 4.79 Å². The summed E-state index contributed by atoms with van der Waals surface area (Å²) < 4.78 is 0. The highest BCUT2D eigenvalue weighted by molar-refractivity contribution is 6.33. The fraction of sp³-hybridized carbons (Fsp3) is 0.462. The minimum atomic E-state index is -0.0144. The molecule has 0 spiro atoms. The maximum Gasteiger partial charge on any atom is 0.225 e. The molecule has 0 saturated heterocycles. The Morgan fingerprint density at radius 1 is 1.33 bits per heavy atom. The molecule has 1 amide bonds. The second-order valence-electron chi connectivity index (χ2n) is 4.18. The molecule has 1 aromatic carbocycles. The molecular weight excluding hydrogens is 250 g/mol. The predicted octanol–water partition coefficient (Wildman–Crippen LogP) is 1.82. The second-order valence-corrected chi connectivity index (χ2v) is 4.59. The molecule has 2 N–H and O–H groups in total. The lowest BCUT2D eigenvalue weighted by molar-refractivity contribution is -0.116. The molecule has 5 heteroatoms. The molecule has 0 atom stereocenters. The quantitative estimate of drug-likeness (QED) is 0.794. The molecule has 0 heterocycles. The van der Waals surface area contributed by atoms with E-state index in [2.05, 4.69) is 15.5 Å². The van der Waals surface area contributed by atoms with Gasteiger partial charge in [0.2, 0.25) is 5.91 Å². The number of anilines is 1. The summed E-state index contributed by atoms with van der Waals surface area (Å²) >= 11 is 5.97. The van der Waals surface area contributed by atoms with Gasteiger partial charge < -0.3 is 15.5 Å². The summed E-state index contributed by atoms with van der Waals surface area (Å²) in [6, 6.07) is 7.24. The van der Waals surface area contributed by atoms with Crippen LogP contribution in [0, 0.1) is 0 Å². The van der Waals surface area contributed by atoms with E-state index in [1.54, 1.807) is 12.1 Å². The van der Waals surface area contributed by atoms with Gasteiger partial charge in [0.05, 0.1) is 10.7 Å². The van der Waals surface area contributed by atoms with E-state index < -0.39 is 0 Å². The standard InChI is InChI=1S/C13H20ClN3O/c1-15-8-10-17(2)9-7-13(18)16-12-6-4-3-5-11(12)14/h3-6,15H,7-10H2,1-2H3,(H,16,18). The minimum Gasteiger partial charge on any atom is -0.325 e. The van der Waals surface area contributed by atoms with Gasteiger partial charge in [0.15, 0.2) is 0 Å². The maximum atomic E-state index is 11.7. The van der Waals surface area contributed by atoms with E-state index in [0.717, 1.165) is 19.6 Å². The molecule has 1 aromatic rings. The van der Waals surface area contributed by atoms with Gasteiger partial charge in [0, 0.05) is 26.1 Å². The molecule has 0 aliphatic carbocycles. The fourth-order valence-corrected chi connectivity index (χ4v) is 1.67. The van der Waals surface area contributed by atoms with Gasteiger partial charge in [0.25, 0.3) is 0 Å². The first-order valence-corrected chi connectivity index (χ1v) is 6.39. The smallest absolute Gasteiger partial charge is 0.225 e. The van der Waals surface area contributed by atoms with Gasteiger partial charge in [-0.05, 0) is 26.2 Å². The lowest BCUT2D eigenvalue weighted by Crippen LogP contribution is -2.30. The van der Waals surface area contributed by atoms with Crippen LogP contribution in [0.3, 0.4) is 0 Å². The Morgan fingerprint density at radius 3 is 2.72 bits per heavy atom. The molecular formula is C13H20ClN3O. The lowest BCUT2D eigenvalue weighted by atomic mass is 10.3. The molecule has 100 valence electrons. The van der Waals surface area contributed by atoms with Crippen molar-refractivity contribution in [1.29, 1.82) is 0 Å². The van der Waals surface area contributed by atoms with Crippen molar-refractivity contribution >= 4 is 23.2 Å². The zero-order chi connectivity index (χ0) is 13.4. The average molecular weight is 270 g/mol. The van der Waals surface area contributed by atoms with E-state index in [4.69, 9.17) is 11.6 Å². The molecule has 0 bridgehead atoms. The number of hydrogen-bond donors (Lipinski definition) is 2. The summed E-state index contributed by atoms with van der Waals surface area (Å²) in [6.07, 6.45) is 0.464. The Balaban J connectivity index is 2.32. The highest BCUT2D eigenvalue weighted by Crippen LogP contribution is 2.20. The van der Waals surface area contributed by atoms with E-state index in [9.17, 15) is 4.79 Å². The van der Waals surface area contributed by atoms with Gasteiger partial charge in [-0.25, -0.2) is 0 Å². The Kier molecular flexibility index (Phi) is 6.72. The third-order valence-corrected chi connectivity index (χ3v) is 2.94. The molecule has 0 saturated carbocycles. The van der Waals surface area contributed by atoms with E-state index in [1.165, 1.54) is 0 Å². The van der Waals surface area contributed by atoms with Crippen molar-refractivity contribution in [1.82, 2.24) is 10.2 Å². The van der Waals surface area contributed by atoms with Crippen molar-refractivity contribution in [2.24, 2.45) is 0 Å². The SMILES string of the molecule is CNCCN(C)CCC(=O)Nc1ccccc1Cl. The summed E-state index contributed by atoms with van der Waals surface area (Å²) in [6.45, 7) is 2.58. The molecule has 0 unspecified atom stereocenters. The summed E-state index contributed by atoms with van der Waals surface area (Å²) in [5.74, 6) is -0.0144. The topological polar surface area (TPSA) is 44.4 Å². The maximum absolute atomic E-state index is 11.7. The van der Waals surface area contributed by atoms with Crippen molar-refractivity contribution in [3.05, 3.63) is 29.3 Å². The van der Waals surface area contributed by atoms with Crippen molar-refractivity contribution in [3.8, 4) is 0 Å². The van der Waals surface area contributed by atoms with Gasteiger partial charge in [-0.3, -0.25) is 4.79 Å². The molecule has 18 heavy (non-hydrogen) atoms. The Bertz CT molecular complexity index is 384. The average Bonchev–Trinajstić information content (AvgIpc) is 2.36. The van der Waals surface area contributed by atoms with Crippen LogP contribution in [0.2, 0.25) is 5.02 Å². The molecule has 0 aliphatic rings. The first-order valence-electron chi connectivity index (χ1n) is 6.01. The molecule has 4 nitrogen and oxygen atoms in total. The largest absolute Gasteiger partial charge is 0.325 e. The summed E-state index contributed by atoms with van der Waals surface area (Å²) in [7, 11) is 3.91. The van der Waals surface area contributed by atoms with Gasteiger partial charge in [-0.1, -0.05) is 23.7 Å². The van der Waals surface area contributed by atoms with Crippen LogP contribution in [0.4, 0.5) is 5.69 Å². The third kappa shape index (κ3) is 5.49. The molecule has 0 fully saturated rings. The highest BCUT2D eigenvalue weighted by atomic mass is 35.5. The summed E-state index contributed by atoms with van der Waals surface area (Å²) in [4.78, 5) is 13.8. The second kappa shape index (κ2) is 8.08. The first-order chi connectivity index (χ1) is 8.63. The number of carbonyl (C=O) groups is 1. The van der Waals surface area contributed by atoms with Gasteiger partial charge in [-0.2, -0.15) is 0 Å². The van der Waals surface area contributed by atoms with Gasteiger partial charge in [-0.15, -0.1) is 0 Å². The number of benzene rings is 1. The highest BCUT2D eigenvalue weighted by Gasteiger charge is 2.06. The number of rotatable bonds is 7. The van der Waals surface area contributed by atoms with Gasteiger partial charge >= 0.3 is 0 Å². The number of halogens is 1. The first kappa shape index (κ1) is 15.0. The minimum absolute atomic E-state index is 0.0144. The Morgan fingerprint density at radius 2 is 2.06 bits per heavy atom. The summed E-state index contributed by atoms with van der Waals surface area (Å²) in [5, 5.41) is 6.45. The van der Waals surface area contributed by atoms with E-state index in [0.29, 0.717) is 17.1 Å². The molecule has 0 aromatic heterocycles. The summed E-state index contributed by atoms with van der Waals surface area (Å²) in [5.41, 5.74) is 0.669. The number of para-hydroxylation sites is 1. The van der Waals surface area contributed by atoms with Crippen LogP contribution in [0.15, 0.2) is 24.3 Å². The Hall–Kier alpha value is -1.10. The van der Waals surface area contributed by atoms with Crippen molar-refractivity contribution in [2.45, 2.75) is 6.42 Å². The number of nitrogens with one attached hydrogen (secondary N) is 2. The van der Waals surface area contributed by atoms with Crippen LogP contribution in [0.25, 0.3) is 0 Å². The van der Waals surface area contributed by atoms with Crippen molar-refractivity contribution < 1.29 is 4.79 Å². The van der Waals surface area contributed by atoms with Crippen LogP contribution >= 0.6 is 11.6 Å². The molecule has 0 radical (unpaired) electrons. The molecule has 0 aliphatic heterocycles. The normalized spacial score (nSPS) is 10.7. The number of likely N-dealkylation sites (N-methyl/N-ethyl adjacent to an activating group) is 2. The van der Waals surface area contributed by atoms with Crippen LogP contribution in [-0.4, -0.2) is 44.5 Å². The van der Waals surface area contributed by atoms with E-state index in [-0.39, 0.29) is 5.91 Å². The predicted molar refractivity (Wildman–Crippen MR) is 76.1 cm³/mol. The van der Waals surface area contributed by atoms with E-state index >= 15 is 0 Å². The number of carbonyl (C=O) groups excluding carboxylic acids is 1. The van der Waals surface area contributed by atoms with Crippen LogP contribution in [0.5, 0.6) is 0 Å². The number of amides is 1. The lowest BCUT2D eigenvalue weighted by Gasteiger charge is -2.16. The van der Waals surface area contributed by atoms with Gasteiger partial charge in [0.1, 0.15) is 0 Å². The Labute approximate surface area is 113 Å². The van der Waals surface area contributed by atoms with Crippen molar-refractivity contribution in [2.75, 3.05) is 39.0 Å². The zero-order valence-corrected chi connectivity index (χ0v) is 11.6. The third-order valence-electron chi connectivity index (χ3n) is 2.61.